The number of rotatable bonds is 3. The lowest BCUT2D eigenvalue weighted by Gasteiger charge is -2.09. The minimum atomic E-state index is -1.34. The summed E-state index contributed by atoms with van der Waals surface area (Å²) in [6.07, 6.45) is -0.879. The average molecular weight is 276 g/mol. The molecule has 8 heteroatoms. The van der Waals surface area contributed by atoms with Crippen LogP contribution >= 0.6 is 0 Å². The Kier molecular flexibility index (Phi) is 4.87. The molecule has 0 bridgehead atoms. The number of halogens is 3. The Hall–Kier alpha value is -2.09. The minimum absolute atomic E-state index is 0.194. The lowest BCUT2D eigenvalue weighted by atomic mass is 10.2. The number of anilines is 1. The fourth-order valence-corrected chi connectivity index (χ4v) is 1.15. The lowest BCUT2D eigenvalue weighted by Crippen LogP contribution is -2.39. The quantitative estimate of drug-likeness (QED) is 0.705. The summed E-state index contributed by atoms with van der Waals surface area (Å²) in [6, 6.07) is 0.735. The number of carbonyl (C=O) groups excluding carboxylic acids is 2. The second-order valence-electron chi connectivity index (χ2n) is 3.76. The van der Waals surface area contributed by atoms with Crippen molar-refractivity contribution in [2.75, 3.05) is 11.9 Å². The molecule has 1 aromatic carbocycles. The Labute approximate surface area is 106 Å². The molecule has 0 saturated heterocycles. The Morgan fingerprint density at radius 3 is 2.21 bits per heavy atom. The molecular weight excluding hydrogens is 265 g/mol. The van der Waals surface area contributed by atoms with Gasteiger partial charge in [-0.1, -0.05) is 0 Å². The van der Waals surface area contributed by atoms with Crippen LogP contribution in [0.3, 0.4) is 0 Å². The maximum atomic E-state index is 13.2. The monoisotopic (exact) mass is 276 g/mol. The first kappa shape index (κ1) is 15.0. The molecule has 5 nitrogen and oxygen atoms in total. The summed E-state index contributed by atoms with van der Waals surface area (Å²) in [5.74, 6) is -6.33. The van der Waals surface area contributed by atoms with Crippen molar-refractivity contribution in [3.8, 4) is 0 Å². The topological polar surface area (TPSA) is 78.4 Å². The van der Waals surface area contributed by atoms with Gasteiger partial charge in [0.15, 0.2) is 11.6 Å². The van der Waals surface area contributed by atoms with E-state index >= 15 is 0 Å². The molecule has 0 radical (unpaired) electrons. The third-order valence-electron chi connectivity index (χ3n) is 2.01. The fraction of sp³-hybridized carbons (Fsp3) is 0.273. The van der Waals surface area contributed by atoms with Crippen molar-refractivity contribution in [2.24, 2.45) is 0 Å². The van der Waals surface area contributed by atoms with E-state index < -0.39 is 41.1 Å². The third kappa shape index (κ3) is 4.25. The van der Waals surface area contributed by atoms with Gasteiger partial charge >= 0.3 is 11.8 Å². The number of benzene rings is 1. The average Bonchev–Trinajstić information content (AvgIpc) is 2.30. The highest BCUT2D eigenvalue weighted by atomic mass is 19.1. The molecule has 0 heterocycles. The molecule has 0 saturated carbocycles. The van der Waals surface area contributed by atoms with Crippen molar-refractivity contribution in [1.82, 2.24) is 5.32 Å². The van der Waals surface area contributed by atoms with E-state index in [2.05, 4.69) is 0 Å². The number of aliphatic hydroxyl groups is 1. The SMILES string of the molecule is CC(O)CNC(=O)C(=O)Nc1c(F)cc(F)cc1F. The fourth-order valence-electron chi connectivity index (χ4n) is 1.15. The van der Waals surface area contributed by atoms with Crippen LogP contribution in [-0.2, 0) is 9.59 Å². The smallest absolute Gasteiger partial charge is 0.313 e. The molecule has 0 spiro atoms. The highest BCUT2D eigenvalue weighted by Gasteiger charge is 2.19. The molecule has 104 valence electrons. The number of aliphatic hydroxyl groups excluding tert-OH is 1. The van der Waals surface area contributed by atoms with Crippen LogP contribution in [0.2, 0.25) is 0 Å². The Balaban J connectivity index is 2.75. The zero-order valence-electron chi connectivity index (χ0n) is 9.84. The molecule has 0 aliphatic carbocycles. The van der Waals surface area contributed by atoms with Crippen molar-refractivity contribution in [2.45, 2.75) is 13.0 Å². The molecule has 2 amide bonds. The predicted octanol–water partition coefficient (Wildman–Crippen LogP) is 0.539. The summed E-state index contributed by atoms with van der Waals surface area (Å²) in [6.45, 7) is 1.18. The summed E-state index contributed by atoms with van der Waals surface area (Å²) < 4.78 is 39.0. The minimum Gasteiger partial charge on any atom is -0.392 e. The van der Waals surface area contributed by atoms with Crippen LogP contribution < -0.4 is 10.6 Å². The second kappa shape index (κ2) is 6.19. The van der Waals surface area contributed by atoms with Crippen molar-refractivity contribution in [3.05, 3.63) is 29.6 Å². The van der Waals surface area contributed by atoms with Gasteiger partial charge in [-0.3, -0.25) is 9.59 Å². The molecule has 1 aromatic rings. The molecule has 19 heavy (non-hydrogen) atoms. The standard InChI is InChI=1S/C11H11F3N2O3/c1-5(17)4-15-10(18)11(19)16-9-7(13)2-6(12)3-8(9)14/h2-3,5,17H,4H2,1H3,(H,15,18)(H,16,19). The van der Waals surface area contributed by atoms with Gasteiger partial charge in [0.1, 0.15) is 11.5 Å². The number of amides is 2. The molecule has 0 aromatic heterocycles. The van der Waals surface area contributed by atoms with Crippen LogP contribution in [0.1, 0.15) is 6.92 Å². The first-order chi connectivity index (χ1) is 8.81. The number of carbonyl (C=O) groups is 2. The van der Waals surface area contributed by atoms with Gasteiger partial charge in [0, 0.05) is 18.7 Å². The van der Waals surface area contributed by atoms with E-state index in [0.717, 1.165) is 0 Å². The molecule has 3 N–H and O–H groups in total. The van der Waals surface area contributed by atoms with Gasteiger partial charge in [-0.15, -0.1) is 0 Å². The molecule has 1 atom stereocenters. The summed E-state index contributed by atoms with van der Waals surface area (Å²) in [5, 5.41) is 12.6. The van der Waals surface area contributed by atoms with Gasteiger partial charge in [0.05, 0.1) is 6.10 Å². The van der Waals surface area contributed by atoms with E-state index in [1.54, 1.807) is 5.32 Å². The largest absolute Gasteiger partial charge is 0.392 e. The number of hydrogen-bond acceptors (Lipinski definition) is 3. The van der Waals surface area contributed by atoms with Crippen molar-refractivity contribution >= 4 is 17.5 Å². The van der Waals surface area contributed by atoms with Gasteiger partial charge < -0.3 is 15.7 Å². The van der Waals surface area contributed by atoms with Gasteiger partial charge in [0.2, 0.25) is 0 Å². The van der Waals surface area contributed by atoms with Crippen LogP contribution in [0, 0.1) is 17.5 Å². The Bertz CT molecular complexity index is 483. The Morgan fingerprint density at radius 1 is 1.21 bits per heavy atom. The second-order valence-corrected chi connectivity index (χ2v) is 3.76. The molecule has 0 fully saturated rings. The van der Waals surface area contributed by atoms with Crippen molar-refractivity contribution in [3.63, 3.8) is 0 Å². The Morgan fingerprint density at radius 2 is 1.74 bits per heavy atom. The zero-order chi connectivity index (χ0) is 14.6. The molecular formula is C11H11F3N2O3. The van der Waals surface area contributed by atoms with E-state index in [-0.39, 0.29) is 6.54 Å². The number of nitrogens with one attached hydrogen (secondary N) is 2. The van der Waals surface area contributed by atoms with E-state index in [9.17, 15) is 22.8 Å². The zero-order valence-corrected chi connectivity index (χ0v) is 9.84. The van der Waals surface area contributed by atoms with Crippen molar-refractivity contribution in [1.29, 1.82) is 0 Å². The lowest BCUT2D eigenvalue weighted by molar-refractivity contribution is -0.136. The molecule has 0 aliphatic heterocycles. The molecule has 1 unspecified atom stereocenters. The summed E-state index contributed by atoms with van der Waals surface area (Å²) in [5.41, 5.74) is -0.918. The first-order valence-corrected chi connectivity index (χ1v) is 5.23. The van der Waals surface area contributed by atoms with Crippen molar-refractivity contribution < 1.29 is 27.9 Å². The van der Waals surface area contributed by atoms with E-state index in [0.29, 0.717) is 12.1 Å². The van der Waals surface area contributed by atoms with Crippen LogP contribution in [0.15, 0.2) is 12.1 Å². The molecule has 0 aliphatic rings. The van der Waals surface area contributed by atoms with E-state index in [4.69, 9.17) is 5.11 Å². The highest BCUT2D eigenvalue weighted by molar-refractivity contribution is 6.39. The highest BCUT2D eigenvalue weighted by Crippen LogP contribution is 2.19. The first-order valence-electron chi connectivity index (χ1n) is 5.23. The maximum Gasteiger partial charge on any atom is 0.313 e. The summed E-state index contributed by atoms with van der Waals surface area (Å²) >= 11 is 0. The van der Waals surface area contributed by atoms with E-state index in [1.165, 1.54) is 6.92 Å². The van der Waals surface area contributed by atoms with Gasteiger partial charge in [0.25, 0.3) is 0 Å². The van der Waals surface area contributed by atoms with Crippen LogP contribution in [0.4, 0.5) is 18.9 Å². The van der Waals surface area contributed by atoms with Crippen LogP contribution in [-0.4, -0.2) is 29.6 Å². The molecule has 1 rings (SSSR count). The van der Waals surface area contributed by atoms with Gasteiger partial charge in [-0.05, 0) is 6.92 Å². The van der Waals surface area contributed by atoms with Gasteiger partial charge in [-0.2, -0.15) is 0 Å². The summed E-state index contributed by atoms with van der Waals surface area (Å²) in [4.78, 5) is 22.5. The predicted molar refractivity (Wildman–Crippen MR) is 59.6 cm³/mol. The normalized spacial score (nSPS) is 11.8. The summed E-state index contributed by atoms with van der Waals surface area (Å²) in [7, 11) is 0. The maximum absolute atomic E-state index is 13.2. The number of hydrogen-bond donors (Lipinski definition) is 3. The van der Waals surface area contributed by atoms with Gasteiger partial charge in [-0.25, -0.2) is 13.2 Å². The van der Waals surface area contributed by atoms with Crippen LogP contribution in [0.5, 0.6) is 0 Å². The van der Waals surface area contributed by atoms with E-state index in [1.807, 2.05) is 5.32 Å². The van der Waals surface area contributed by atoms with Crippen LogP contribution in [0.25, 0.3) is 0 Å². The third-order valence-corrected chi connectivity index (χ3v) is 2.01.